The summed E-state index contributed by atoms with van der Waals surface area (Å²) in [5.74, 6) is -4.84. The van der Waals surface area contributed by atoms with E-state index in [0.717, 1.165) is 0 Å². The second-order valence-corrected chi connectivity index (χ2v) is 3.66. The predicted octanol–water partition coefficient (Wildman–Crippen LogP) is -0.783. The Morgan fingerprint density at radius 1 is 1.40 bits per heavy atom. The standard InChI is InChI=1S/C9H9NO5/c11-7-5-3(8(12)13)1-2-4(10-7)6(5)9(14)15/h1,4-6H,2H2,(H,10,11)(H,12,13)(H,14,15). The van der Waals surface area contributed by atoms with Gasteiger partial charge in [-0.25, -0.2) is 4.79 Å². The summed E-state index contributed by atoms with van der Waals surface area (Å²) in [6.45, 7) is 0. The Labute approximate surface area is 84.6 Å². The molecule has 0 saturated carbocycles. The van der Waals surface area contributed by atoms with Crippen molar-refractivity contribution in [2.75, 3.05) is 0 Å². The SMILES string of the molecule is O=C(O)C1=CCC2NC(=O)C1C2C(=O)O. The fourth-order valence-electron chi connectivity index (χ4n) is 2.21. The third kappa shape index (κ3) is 1.29. The topological polar surface area (TPSA) is 104 Å². The highest BCUT2D eigenvalue weighted by atomic mass is 16.4. The van der Waals surface area contributed by atoms with Crippen LogP contribution in [0.1, 0.15) is 6.42 Å². The molecule has 2 rings (SSSR count). The number of nitrogens with one attached hydrogen (secondary N) is 1. The molecule has 2 bridgehead atoms. The van der Waals surface area contributed by atoms with Gasteiger partial charge in [0.15, 0.2) is 0 Å². The van der Waals surface area contributed by atoms with Gasteiger partial charge in [0.1, 0.15) is 0 Å². The van der Waals surface area contributed by atoms with Crippen LogP contribution in [0.4, 0.5) is 0 Å². The first-order valence-electron chi connectivity index (χ1n) is 4.49. The minimum absolute atomic E-state index is 0.103. The molecular formula is C9H9NO5. The maximum Gasteiger partial charge on any atom is 0.332 e. The van der Waals surface area contributed by atoms with Crippen molar-refractivity contribution in [3.8, 4) is 0 Å². The average molecular weight is 211 g/mol. The molecule has 3 atom stereocenters. The van der Waals surface area contributed by atoms with Gasteiger partial charge in [-0.3, -0.25) is 9.59 Å². The molecule has 1 aliphatic carbocycles. The van der Waals surface area contributed by atoms with Crippen molar-refractivity contribution in [1.29, 1.82) is 0 Å². The van der Waals surface area contributed by atoms with Crippen LogP contribution >= 0.6 is 0 Å². The number of carboxylic acids is 2. The van der Waals surface area contributed by atoms with Crippen molar-refractivity contribution in [1.82, 2.24) is 5.32 Å². The van der Waals surface area contributed by atoms with Gasteiger partial charge < -0.3 is 15.5 Å². The molecule has 6 heteroatoms. The lowest BCUT2D eigenvalue weighted by Crippen LogP contribution is -2.36. The molecular weight excluding hydrogens is 202 g/mol. The van der Waals surface area contributed by atoms with E-state index in [1.165, 1.54) is 6.08 Å². The second-order valence-electron chi connectivity index (χ2n) is 3.66. The van der Waals surface area contributed by atoms with E-state index >= 15 is 0 Å². The van der Waals surface area contributed by atoms with Crippen LogP contribution in [0.15, 0.2) is 11.6 Å². The van der Waals surface area contributed by atoms with Crippen LogP contribution in [0.25, 0.3) is 0 Å². The monoisotopic (exact) mass is 211 g/mol. The van der Waals surface area contributed by atoms with Crippen LogP contribution in [0, 0.1) is 11.8 Å². The summed E-state index contributed by atoms with van der Waals surface area (Å²) in [6.07, 6.45) is 1.69. The summed E-state index contributed by atoms with van der Waals surface area (Å²) in [6, 6.07) is -0.469. The molecule has 0 aromatic carbocycles. The summed E-state index contributed by atoms with van der Waals surface area (Å²) >= 11 is 0. The smallest absolute Gasteiger partial charge is 0.332 e. The zero-order chi connectivity index (χ0) is 11.2. The molecule has 0 spiro atoms. The third-order valence-electron chi connectivity index (χ3n) is 2.86. The maximum atomic E-state index is 11.4. The largest absolute Gasteiger partial charge is 0.481 e. The quantitative estimate of drug-likeness (QED) is 0.555. The van der Waals surface area contributed by atoms with Crippen LogP contribution in [0.5, 0.6) is 0 Å². The minimum Gasteiger partial charge on any atom is -0.481 e. The van der Waals surface area contributed by atoms with E-state index < -0.39 is 35.7 Å². The number of carboxylic acid groups (broad SMARTS) is 2. The number of rotatable bonds is 2. The molecule has 1 aliphatic heterocycles. The van der Waals surface area contributed by atoms with Gasteiger partial charge in [-0.15, -0.1) is 0 Å². The van der Waals surface area contributed by atoms with Crippen molar-refractivity contribution >= 4 is 17.8 Å². The number of aliphatic carboxylic acids is 2. The summed E-state index contributed by atoms with van der Waals surface area (Å²) in [5, 5.41) is 20.3. The number of carbonyl (C=O) groups excluding carboxylic acids is 1. The summed E-state index contributed by atoms with van der Waals surface area (Å²) in [4.78, 5) is 33.1. The molecule has 3 unspecified atom stereocenters. The highest BCUT2D eigenvalue weighted by Gasteiger charge is 2.51. The molecule has 1 saturated heterocycles. The van der Waals surface area contributed by atoms with Crippen LogP contribution in [-0.4, -0.2) is 34.1 Å². The molecule has 1 amide bonds. The van der Waals surface area contributed by atoms with E-state index in [-0.39, 0.29) is 12.0 Å². The van der Waals surface area contributed by atoms with E-state index in [0.29, 0.717) is 0 Å². The number of hydrogen-bond acceptors (Lipinski definition) is 3. The molecule has 0 aromatic heterocycles. The van der Waals surface area contributed by atoms with Crippen molar-refractivity contribution in [3.63, 3.8) is 0 Å². The predicted molar refractivity (Wildman–Crippen MR) is 46.9 cm³/mol. The lowest BCUT2D eigenvalue weighted by atomic mass is 9.79. The Kier molecular flexibility index (Phi) is 1.99. The van der Waals surface area contributed by atoms with Crippen molar-refractivity contribution in [3.05, 3.63) is 11.6 Å². The molecule has 2 aliphatic rings. The van der Waals surface area contributed by atoms with Crippen LogP contribution in [-0.2, 0) is 14.4 Å². The van der Waals surface area contributed by atoms with Gasteiger partial charge in [0.05, 0.1) is 11.8 Å². The molecule has 3 N–H and O–H groups in total. The first kappa shape index (κ1) is 9.70. The zero-order valence-electron chi connectivity index (χ0n) is 7.64. The minimum atomic E-state index is -1.22. The number of fused-ring (bicyclic) bond motifs is 2. The number of amides is 1. The van der Waals surface area contributed by atoms with Gasteiger partial charge in [-0.2, -0.15) is 0 Å². The lowest BCUT2D eigenvalue weighted by Gasteiger charge is -2.22. The molecule has 1 fully saturated rings. The Hall–Kier alpha value is -1.85. The van der Waals surface area contributed by atoms with E-state index in [1.807, 2.05) is 0 Å². The number of hydrogen-bond donors (Lipinski definition) is 3. The Bertz CT molecular complexity index is 386. The molecule has 15 heavy (non-hydrogen) atoms. The lowest BCUT2D eigenvalue weighted by molar-refractivity contribution is -0.145. The Balaban J connectivity index is 2.42. The maximum absolute atomic E-state index is 11.4. The normalized spacial score (nSPS) is 33.2. The summed E-state index contributed by atoms with van der Waals surface area (Å²) < 4.78 is 0. The van der Waals surface area contributed by atoms with Gasteiger partial charge in [0.2, 0.25) is 5.91 Å². The van der Waals surface area contributed by atoms with Crippen LogP contribution in [0.3, 0.4) is 0 Å². The van der Waals surface area contributed by atoms with Gasteiger partial charge in [-0.1, -0.05) is 6.08 Å². The summed E-state index contributed by atoms with van der Waals surface area (Å²) in [7, 11) is 0. The zero-order valence-corrected chi connectivity index (χ0v) is 7.64. The van der Waals surface area contributed by atoms with Crippen LogP contribution in [0.2, 0.25) is 0 Å². The second kappa shape index (κ2) is 3.08. The van der Waals surface area contributed by atoms with Crippen LogP contribution < -0.4 is 5.32 Å². The van der Waals surface area contributed by atoms with Gasteiger partial charge in [-0.05, 0) is 6.42 Å². The van der Waals surface area contributed by atoms with Crippen molar-refractivity contribution in [2.45, 2.75) is 12.5 Å². The molecule has 0 aromatic rings. The Morgan fingerprint density at radius 2 is 2.07 bits per heavy atom. The van der Waals surface area contributed by atoms with E-state index in [4.69, 9.17) is 10.2 Å². The molecule has 80 valence electrons. The molecule has 1 heterocycles. The van der Waals surface area contributed by atoms with E-state index in [9.17, 15) is 14.4 Å². The average Bonchev–Trinajstić information content (AvgIpc) is 2.36. The van der Waals surface area contributed by atoms with E-state index in [2.05, 4.69) is 5.32 Å². The molecule has 6 nitrogen and oxygen atoms in total. The fourth-order valence-corrected chi connectivity index (χ4v) is 2.21. The molecule has 0 radical (unpaired) electrons. The Morgan fingerprint density at radius 3 is 2.60 bits per heavy atom. The van der Waals surface area contributed by atoms with Gasteiger partial charge >= 0.3 is 11.9 Å². The highest BCUT2D eigenvalue weighted by Crippen LogP contribution is 2.36. The number of carbonyl (C=O) groups is 3. The van der Waals surface area contributed by atoms with Gasteiger partial charge in [0, 0.05) is 11.6 Å². The summed E-state index contributed by atoms with van der Waals surface area (Å²) in [5.41, 5.74) is -0.103. The highest BCUT2D eigenvalue weighted by molar-refractivity contribution is 6.01. The fraction of sp³-hybridized carbons (Fsp3) is 0.444. The van der Waals surface area contributed by atoms with Crippen molar-refractivity contribution < 1.29 is 24.6 Å². The first-order chi connectivity index (χ1) is 7.02. The van der Waals surface area contributed by atoms with E-state index in [1.54, 1.807) is 0 Å². The van der Waals surface area contributed by atoms with Gasteiger partial charge in [0.25, 0.3) is 0 Å². The third-order valence-corrected chi connectivity index (χ3v) is 2.86. The first-order valence-corrected chi connectivity index (χ1v) is 4.49. The van der Waals surface area contributed by atoms with Crippen molar-refractivity contribution in [2.24, 2.45) is 11.8 Å².